The lowest BCUT2D eigenvalue weighted by molar-refractivity contribution is -0.113. The summed E-state index contributed by atoms with van der Waals surface area (Å²) in [6, 6.07) is 0. The van der Waals surface area contributed by atoms with Crippen LogP contribution in [0, 0.1) is 11.5 Å². The lowest BCUT2D eigenvalue weighted by atomic mass is 10.2. The molecular formula is C13H23NOSi2. The van der Waals surface area contributed by atoms with E-state index in [4.69, 9.17) is 5.73 Å². The van der Waals surface area contributed by atoms with Crippen LogP contribution in [0.1, 0.15) is 0 Å². The molecule has 0 aliphatic heterocycles. The van der Waals surface area contributed by atoms with E-state index in [2.05, 4.69) is 56.4 Å². The third kappa shape index (κ3) is 11.2. The molecular weight excluding hydrogens is 242 g/mol. The smallest absolute Gasteiger partial charge is 0.242 e. The molecule has 0 aromatic carbocycles. The minimum Gasteiger partial charge on any atom is -0.366 e. The maximum Gasteiger partial charge on any atom is 0.242 e. The van der Waals surface area contributed by atoms with E-state index < -0.39 is 22.1 Å². The van der Waals surface area contributed by atoms with Gasteiger partial charge in [-0.3, -0.25) is 4.79 Å². The van der Waals surface area contributed by atoms with Gasteiger partial charge in [-0.05, 0) is 0 Å². The molecule has 0 aromatic rings. The van der Waals surface area contributed by atoms with E-state index in [-0.39, 0.29) is 0 Å². The highest BCUT2D eigenvalue weighted by molar-refractivity contribution is 6.84. The van der Waals surface area contributed by atoms with Crippen molar-refractivity contribution >= 4 is 22.1 Å². The lowest BCUT2D eigenvalue weighted by Crippen LogP contribution is -2.17. The molecule has 0 saturated heterocycles. The largest absolute Gasteiger partial charge is 0.366 e. The first kappa shape index (κ1) is 15.9. The summed E-state index contributed by atoms with van der Waals surface area (Å²) in [5.41, 5.74) is 11.3. The van der Waals surface area contributed by atoms with E-state index in [1.54, 1.807) is 0 Å². The average Bonchev–Trinajstić information content (AvgIpc) is 2.06. The van der Waals surface area contributed by atoms with Crippen molar-refractivity contribution < 1.29 is 4.79 Å². The highest BCUT2D eigenvalue weighted by Crippen LogP contribution is 2.06. The van der Waals surface area contributed by atoms with Crippen LogP contribution >= 0.6 is 0 Å². The van der Waals surface area contributed by atoms with Gasteiger partial charge in [0.05, 0.1) is 8.07 Å². The van der Waals surface area contributed by atoms with Crippen molar-refractivity contribution in [3.05, 3.63) is 23.4 Å². The predicted molar refractivity (Wildman–Crippen MR) is 80.9 cm³/mol. The van der Waals surface area contributed by atoms with E-state index in [0.717, 1.165) is 5.57 Å². The zero-order chi connectivity index (χ0) is 13.7. The van der Waals surface area contributed by atoms with E-state index in [0.29, 0.717) is 0 Å². The molecule has 0 atom stereocenters. The fourth-order valence-corrected chi connectivity index (χ4v) is 2.08. The maximum absolute atomic E-state index is 10.9. The zero-order valence-corrected chi connectivity index (χ0v) is 13.7. The number of amides is 1. The third-order valence-electron chi connectivity index (χ3n) is 1.64. The number of primary amides is 1. The summed E-state index contributed by atoms with van der Waals surface area (Å²) in [6.45, 7) is 13.2. The summed E-state index contributed by atoms with van der Waals surface area (Å²) in [6.07, 6.45) is 3.34. The van der Waals surface area contributed by atoms with Crippen LogP contribution in [0.3, 0.4) is 0 Å². The monoisotopic (exact) mass is 265 g/mol. The van der Waals surface area contributed by atoms with E-state index >= 15 is 0 Å². The number of carbonyl (C=O) groups excluding carboxylic acids is 1. The van der Waals surface area contributed by atoms with Crippen LogP contribution in [0.25, 0.3) is 0 Å². The van der Waals surface area contributed by atoms with Gasteiger partial charge in [0.1, 0.15) is 8.07 Å². The summed E-state index contributed by atoms with van der Waals surface area (Å²) in [5, 5.41) is 0. The Labute approximate surface area is 107 Å². The first-order chi connectivity index (χ1) is 7.49. The molecule has 1 amide bonds. The molecule has 2 nitrogen and oxygen atoms in total. The molecule has 0 aliphatic carbocycles. The van der Waals surface area contributed by atoms with Crippen molar-refractivity contribution in [3.63, 3.8) is 0 Å². The van der Waals surface area contributed by atoms with Crippen molar-refractivity contribution in [1.82, 2.24) is 0 Å². The Morgan fingerprint density at radius 2 is 1.65 bits per heavy atom. The summed E-state index contributed by atoms with van der Waals surface area (Å²) >= 11 is 0. The van der Waals surface area contributed by atoms with Crippen molar-refractivity contribution in [3.8, 4) is 11.5 Å². The normalized spacial score (nSPS) is 13.4. The molecule has 0 spiro atoms. The highest BCUT2D eigenvalue weighted by atomic mass is 28.3. The standard InChI is InChI=1S/C13H23NOSi2/c1-16(2,3)9-7-12(11-13(14)15)8-10-17(4,5)6/h7,9,11H,1-6H3,(H2,14,15)/b9-7+,12-11-. The van der Waals surface area contributed by atoms with Crippen molar-refractivity contribution in [2.75, 3.05) is 0 Å². The van der Waals surface area contributed by atoms with Gasteiger partial charge in [0, 0.05) is 11.6 Å². The Bertz CT molecular complexity index is 398. The average molecular weight is 266 g/mol. The lowest BCUT2D eigenvalue weighted by Gasteiger charge is -2.08. The summed E-state index contributed by atoms with van der Waals surface area (Å²) < 4.78 is 0. The number of carbonyl (C=O) groups is 1. The summed E-state index contributed by atoms with van der Waals surface area (Å²) in [7, 11) is -2.70. The SMILES string of the molecule is C[Si](C)(C)C#CC(=C\C(N)=O)/C=C/[Si](C)(C)C. The van der Waals surface area contributed by atoms with E-state index in [1.807, 2.05) is 6.08 Å². The molecule has 4 heteroatoms. The highest BCUT2D eigenvalue weighted by Gasteiger charge is 2.09. The van der Waals surface area contributed by atoms with Crippen LogP contribution in [-0.2, 0) is 4.79 Å². The third-order valence-corrected chi connectivity index (χ3v) is 3.68. The van der Waals surface area contributed by atoms with Gasteiger partial charge >= 0.3 is 0 Å². The van der Waals surface area contributed by atoms with Gasteiger partial charge in [-0.15, -0.1) is 5.54 Å². The van der Waals surface area contributed by atoms with E-state index in [1.165, 1.54) is 6.08 Å². The second-order valence-electron chi connectivity index (χ2n) is 6.20. The molecule has 0 unspecified atom stereocenters. The molecule has 0 bridgehead atoms. The number of hydrogen-bond donors (Lipinski definition) is 1. The Hall–Kier alpha value is -1.06. The van der Waals surface area contributed by atoms with Crippen LogP contribution in [0.2, 0.25) is 39.3 Å². The quantitative estimate of drug-likeness (QED) is 0.362. The van der Waals surface area contributed by atoms with Gasteiger partial charge in [0.2, 0.25) is 5.91 Å². The Kier molecular flexibility index (Phi) is 5.66. The van der Waals surface area contributed by atoms with Crippen LogP contribution < -0.4 is 5.73 Å². The second-order valence-corrected chi connectivity index (χ2v) is 16.0. The summed E-state index contributed by atoms with van der Waals surface area (Å²) in [4.78, 5) is 10.9. The molecule has 0 radical (unpaired) electrons. The maximum atomic E-state index is 10.9. The van der Waals surface area contributed by atoms with Gasteiger partial charge in [0.25, 0.3) is 0 Å². The summed E-state index contributed by atoms with van der Waals surface area (Å²) in [5.74, 6) is 2.63. The number of nitrogens with two attached hydrogens (primary N) is 1. The Morgan fingerprint density at radius 1 is 1.12 bits per heavy atom. The number of rotatable bonds is 3. The zero-order valence-electron chi connectivity index (χ0n) is 11.7. The Balaban J connectivity index is 5.11. The first-order valence-electron chi connectivity index (χ1n) is 5.73. The molecule has 0 fully saturated rings. The van der Waals surface area contributed by atoms with Crippen LogP contribution in [0.4, 0.5) is 0 Å². The molecule has 0 rings (SSSR count). The minimum absolute atomic E-state index is 0.440. The minimum atomic E-state index is -1.42. The van der Waals surface area contributed by atoms with Crippen LogP contribution in [-0.4, -0.2) is 22.1 Å². The predicted octanol–water partition coefficient (Wildman–Crippen LogP) is 2.71. The van der Waals surface area contributed by atoms with Crippen molar-refractivity contribution in [2.45, 2.75) is 39.3 Å². The molecule has 94 valence electrons. The topological polar surface area (TPSA) is 43.1 Å². The van der Waals surface area contributed by atoms with Gasteiger partial charge in [-0.2, -0.15) is 0 Å². The first-order valence-corrected chi connectivity index (χ1v) is 12.8. The number of allylic oxidation sites excluding steroid dienone is 2. The van der Waals surface area contributed by atoms with Gasteiger partial charge in [-0.1, -0.05) is 57.0 Å². The van der Waals surface area contributed by atoms with E-state index in [9.17, 15) is 4.79 Å². The molecule has 0 aromatic heterocycles. The van der Waals surface area contributed by atoms with Crippen molar-refractivity contribution in [2.24, 2.45) is 5.73 Å². The fraction of sp³-hybridized carbons (Fsp3) is 0.462. The molecule has 0 heterocycles. The van der Waals surface area contributed by atoms with Gasteiger partial charge < -0.3 is 5.73 Å². The second kappa shape index (κ2) is 6.03. The molecule has 0 aliphatic rings. The van der Waals surface area contributed by atoms with Crippen LogP contribution in [0.15, 0.2) is 23.4 Å². The number of hydrogen-bond acceptors (Lipinski definition) is 1. The van der Waals surface area contributed by atoms with Gasteiger partial charge in [0.15, 0.2) is 0 Å². The van der Waals surface area contributed by atoms with Crippen LogP contribution in [0.5, 0.6) is 0 Å². The van der Waals surface area contributed by atoms with Crippen molar-refractivity contribution in [1.29, 1.82) is 0 Å². The molecule has 2 N–H and O–H groups in total. The Morgan fingerprint density at radius 3 is 2.00 bits per heavy atom. The van der Waals surface area contributed by atoms with Gasteiger partial charge in [-0.25, -0.2) is 0 Å². The molecule has 0 saturated carbocycles. The molecule has 17 heavy (non-hydrogen) atoms. The fourth-order valence-electron chi connectivity index (χ4n) is 0.879.